The van der Waals surface area contributed by atoms with E-state index in [0.717, 1.165) is 42.7 Å². The third kappa shape index (κ3) is 3.35. The maximum Gasteiger partial charge on any atom is 0.255 e. The van der Waals surface area contributed by atoms with Crippen LogP contribution in [0.5, 0.6) is 5.75 Å². The summed E-state index contributed by atoms with van der Waals surface area (Å²) in [6.07, 6.45) is 3.64. The second-order valence-corrected chi connectivity index (χ2v) is 7.88. The van der Waals surface area contributed by atoms with Gasteiger partial charge in [-0.05, 0) is 63.3 Å². The SMILES string of the molecule is Cc1nc2c(cnn2C(C)C)cc1C(=O)N1CCC(c2ccc(O)cc2)CC1. The number of hydrogen-bond acceptors (Lipinski definition) is 4. The first-order chi connectivity index (χ1) is 13.4. The van der Waals surface area contributed by atoms with Crippen molar-refractivity contribution in [3.8, 4) is 5.75 Å². The van der Waals surface area contributed by atoms with E-state index in [9.17, 15) is 9.90 Å². The van der Waals surface area contributed by atoms with Crippen LogP contribution in [0.3, 0.4) is 0 Å². The van der Waals surface area contributed by atoms with Crippen LogP contribution in [-0.4, -0.2) is 43.8 Å². The maximum absolute atomic E-state index is 13.1. The predicted octanol–water partition coefficient (Wildman–Crippen LogP) is 4.05. The number of carbonyl (C=O) groups excluding carboxylic acids is 1. The van der Waals surface area contributed by atoms with Crippen molar-refractivity contribution in [2.75, 3.05) is 13.1 Å². The van der Waals surface area contributed by atoms with Gasteiger partial charge < -0.3 is 10.0 Å². The molecule has 0 spiro atoms. The topological polar surface area (TPSA) is 71.2 Å². The first-order valence-corrected chi connectivity index (χ1v) is 9.87. The Labute approximate surface area is 164 Å². The molecular formula is C22H26N4O2. The lowest BCUT2D eigenvalue weighted by Crippen LogP contribution is -2.38. The van der Waals surface area contributed by atoms with E-state index in [2.05, 4.69) is 23.9 Å². The number of phenols is 1. The lowest BCUT2D eigenvalue weighted by Gasteiger charge is -2.32. The van der Waals surface area contributed by atoms with Crippen molar-refractivity contribution >= 4 is 16.9 Å². The molecule has 0 atom stereocenters. The molecule has 2 aromatic heterocycles. The number of hydrogen-bond donors (Lipinski definition) is 1. The van der Waals surface area contributed by atoms with Crippen molar-refractivity contribution in [2.24, 2.45) is 0 Å². The van der Waals surface area contributed by atoms with E-state index in [4.69, 9.17) is 0 Å². The molecule has 1 N–H and O–H groups in total. The number of amides is 1. The van der Waals surface area contributed by atoms with Crippen LogP contribution < -0.4 is 0 Å². The minimum absolute atomic E-state index is 0.0494. The number of carbonyl (C=O) groups is 1. The number of fused-ring (bicyclic) bond motifs is 1. The highest BCUT2D eigenvalue weighted by molar-refractivity contribution is 5.98. The fourth-order valence-corrected chi connectivity index (χ4v) is 3.99. The van der Waals surface area contributed by atoms with Gasteiger partial charge in [0, 0.05) is 24.5 Å². The van der Waals surface area contributed by atoms with Crippen molar-refractivity contribution in [1.82, 2.24) is 19.7 Å². The van der Waals surface area contributed by atoms with Crippen LogP contribution in [0.2, 0.25) is 0 Å². The van der Waals surface area contributed by atoms with E-state index in [1.165, 1.54) is 5.56 Å². The van der Waals surface area contributed by atoms with Crippen LogP contribution >= 0.6 is 0 Å². The van der Waals surface area contributed by atoms with Crippen LogP contribution in [0, 0.1) is 6.92 Å². The number of benzene rings is 1. The van der Waals surface area contributed by atoms with Crippen LogP contribution in [0.25, 0.3) is 11.0 Å². The lowest BCUT2D eigenvalue weighted by molar-refractivity contribution is 0.0712. The van der Waals surface area contributed by atoms with Gasteiger partial charge in [-0.1, -0.05) is 12.1 Å². The fraction of sp³-hybridized carbons (Fsp3) is 0.409. The van der Waals surface area contributed by atoms with Crippen LogP contribution in [0.15, 0.2) is 36.5 Å². The quantitative estimate of drug-likeness (QED) is 0.746. The van der Waals surface area contributed by atoms with Crippen molar-refractivity contribution in [3.63, 3.8) is 0 Å². The Balaban J connectivity index is 1.51. The van der Waals surface area contributed by atoms with Gasteiger partial charge in [0.05, 0.1) is 17.5 Å². The number of aromatic nitrogens is 3. The Kier molecular flexibility index (Phi) is 4.79. The van der Waals surface area contributed by atoms with E-state index in [1.807, 2.05) is 34.7 Å². The molecule has 1 aromatic carbocycles. The monoisotopic (exact) mass is 378 g/mol. The highest BCUT2D eigenvalue weighted by atomic mass is 16.3. The largest absolute Gasteiger partial charge is 0.508 e. The molecule has 1 amide bonds. The second-order valence-electron chi connectivity index (χ2n) is 7.88. The molecule has 146 valence electrons. The van der Waals surface area contributed by atoms with E-state index >= 15 is 0 Å². The average Bonchev–Trinajstić information content (AvgIpc) is 3.10. The van der Waals surface area contributed by atoms with Gasteiger partial charge >= 0.3 is 0 Å². The molecule has 6 nitrogen and oxygen atoms in total. The molecule has 1 fully saturated rings. The summed E-state index contributed by atoms with van der Waals surface area (Å²) in [5.74, 6) is 0.763. The zero-order chi connectivity index (χ0) is 19.8. The molecule has 0 aliphatic carbocycles. The summed E-state index contributed by atoms with van der Waals surface area (Å²) in [7, 11) is 0. The van der Waals surface area contributed by atoms with Gasteiger partial charge in [-0.3, -0.25) is 4.79 Å². The summed E-state index contributed by atoms with van der Waals surface area (Å²) in [5, 5.41) is 14.8. The molecular weight excluding hydrogens is 352 g/mol. The fourth-order valence-electron chi connectivity index (χ4n) is 3.99. The molecule has 1 aliphatic heterocycles. The van der Waals surface area contributed by atoms with E-state index < -0.39 is 0 Å². The highest BCUT2D eigenvalue weighted by Crippen LogP contribution is 2.30. The number of rotatable bonds is 3. The Morgan fingerprint density at radius 3 is 2.50 bits per heavy atom. The number of likely N-dealkylation sites (tertiary alicyclic amines) is 1. The zero-order valence-electron chi connectivity index (χ0n) is 16.6. The van der Waals surface area contributed by atoms with Crippen LogP contribution in [-0.2, 0) is 0 Å². The van der Waals surface area contributed by atoms with Gasteiger partial charge in [0.15, 0.2) is 5.65 Å². The van der Waals surface area contributed by atoms with Gasteiger partial charge in [0.1, 0.15) is 5.75 Å². The van der Waals surface area contributed by atoms with Crippen LogP contribution in [0.1, 0.15) is 60.3 Å². The molecule has 0 bridgehead atoms. The Morgan fingerprint density at radius 1 is 1.18 bits per heavy atom. The molecule has 0 unspecified atom stereocenters. The van der Waals surface area contributed by atoms with Gasteiger partial charge in [0.25, 0.3) is 5.91 Å². The minimum atomic E-state index is 0.0494. The third-order valence-electron chi connectivity index (χ3n) is 5.63. The van der Waals surface area contributed by atoms with E-state index in [0.29, 0.717) is 11.5 Å². The minimum Gasteiger partial charge on any atom is -0.508 e. The molecule has 1 saturated heterocycles. The van der Waals surface area contributed by atoms with Crippen molar-refractivity contribution in [1.29, 1.82) is 0 Å². The third-order valence-corrected chi connectivity index (χ3v) is 5.63. The molecule has 4 rings (SSSR count). The summed E-state index contributed by atoms with van der Waals surface area (Å²) < 4.78 is 1.89. The number of nitrogens with zero attached hydrogens (tertiary/aromatic N) is 4. The normalized spacial score (nSPS) is 15.5. The maximum atomic E-state index is 13.1. The molecule has 0 radical (unpaired) electrons. The number of aryl methyl sites for hydroxylation is 1. The van der Waals surface area contributed by atoms with Gasteiger partial charge in [0.2, 0.25) is 0 Å². The average molecular weight is 378 g/mol. The molecule has 3 heterocycles. The van der Waals surface area contributed by atoms with E-state index in [1.54, 1.807) is 18.3 Å². The first kappa shape index (κ1) is 18.5. The Hall–Kier alpha value is -2.89. The van der Waals surface area contributed by atoms with Crippen LogP contribution in [0.4, 0.5) is 0 Å². The summed E-state index contributed by atoms with van der Waals surface area (Å²) in [6, 6.07) is 9.57. The lowest BCUT2D eigenvalue weighted by atomic mass is 9.89. The number of piperidine rings is 1. The van der Waals surface area contributed by atoms with Crippen molar-refractivity contribution < 1.29 is 9.90 Å². The highest BCUT2D eigenvalue weighted by Gasteiger charge is 2.26. The Bertz CT molecular complexity index is 999. The smallest absolute Gasteiger partial charge is 0.255 e. The summed E-state index contributed by atoms with van der Waals surface area (Å²) in [4.78, 5) is 19.7. The molecule has 1 aliphatic rings. The first-order valence-electron chi connectivity index (χ1n) is 9.87. The van der Waals surface area contributed by atoms with Crippen molar-refractivity contribution in [2.45, 2.75) is 45.6 Å². The van der Waals surface area contributed by atoms with E-state index in [-0.39, 0.29) is 17.7 Å². The summed E-state index contributed by atoms with van der Waals surface area (Å²) in [6.45, 7) is 7.50. The molecule has 0 saturated carbocycles. The zero-order valence-corrected chi connectivity index (χ0v) is 16.6. The second kappa shape index (κ2) is 7.26. The number of phenolic OH excluding ortho intramolecular Hbond substituents is 1. The number of aromatic hydroxyl groups is 1. The molecule has 3 aromatic rings. The summed E-state index contributed by atoms with van der Waals surface area (Å²) >= 11 is 0. The Morgan fingerprint density at radius 2 is 1.86 bits per heavy atom. The molecule has 6 heteroatoms. The number of pyridine rings is 1. The summed E-state index contributed by atoms with van der Waals surface area (Å²) in [5.41, 5.74) is 3.47. The predicted molar refractivity (Wildman–Crippen MR) is 109 cm³/mol. The van der Waals surface area contributed by atoms with Gasteiger partial charge in [-0.25, -0.2) is 9.67 Å². The van der Waals surface area contributed by atoms with Gasteiger partial charge in [-0.2, -0.15) is 5.10 Å². The standard InChI is InChI=1S/C22H26N4O2/c1-14(2)26-21-18(13-23-26)12-20(15(3)24-21)22(28)25-10-8-17(9-11-25)16-4-6-19(27)7-5-16/h4-7,12-14,17,27H,8-11H2,1-3H3. The van der Waals surface area contributed by atoms with Crippen molar-refractivity contribution in [3.05, 3.63) is 53.3 Å². The molecule has 28 heavy (non-hydrogen) atoms. The van der Waals surface area contributed by atoms with Gasteiger partial charge in [-0.15, -0.1) is 0 Å².